The van der Waals surface area contributed by atoms with Crippen LogP contribution in [0.5, 0.6) is 0 Å². The maximum atomic E-state index is 13.1. The zero-order chi connectivity index (χ0) is 17.3. The molecule has 0 saturated heterocycles. The predicted molar refractivity (Wildman–Crippen MR) is 65.5 cm³/mol. The van der Waals surface area contributed by atoms with Gasteiger partial charge in [0.25, 0.3) is 5.60 Å². The summed E-state index contributed by atoms with van der Waals surface area (Å²) in [5.74, 6) is -6.26. The minimum atomic E-state index is -5.42. The van der Waals surface area contributed by atoms with Crippen molar-refractivity contribution in [2.24, 2.45) is 11.3 Å². The fraction of sp³-hybridized carbons (Fsp3) is 0.769. The normalized spacial score (nSPS) is 28.1. The van der Waals surface area contributed by atoms with E-state index in [0.29, 0.717) is 7.11 Å². The van der Waals surface area contributed by atoms with Gasteiger partial charge in [-0.05, 0) is 26.7 Å². The predicted octanol–water partition coefficient (Wildman–Crippen LogP) is 1.00. The van der Waals surface area contributed by atoms with Crippen LogP contribution in [0, 0.1) is 11.3 Å². The van der Waals surface area contributed by atoms with Crippen molar-refractivity contribution in [2.45, 2.75) is 38.5 Å². The fourth-order valence-corrected chi connectivity index (χ4v) is 2.57. The number of alkyl halides is 3. The van der Waals surface area contributed by atoms with E-state index in [1.54, 1.807) is 0 Å². The Labute approximate surface area is 124 Å². The monoisotopic (exact) mass is 326 g/mol. The second kappa shape index (κ2) is 5.86. The van der Waals surface area contributed by atoms with Crippen molar-refractivity contribution in [3.05, 3.63) is 0 Å². The van der Waals surface area contributed by atoms with Crippen LogP contribution in [-0.2, 0) is 23.9 Å². The van der Waals surface area contributed by atoms with Crippen LogP contribution in [0.4, 0.5) is 13.2 Å². The zero-order valence-corrected chi connectivity index (χ0v) is 12.3. The van der Waals surface area contributed by atoms with Gasteiger partial charge < -0.3 is 14.6 Å². The number of rotatable bonds is 4. The van der Waals surface area contributed by atoms with Gasteiger partial charge in [-0.15, -0.1) is 0 Å². The first-order valence-corrected chi connectivity index (χ1v) is 6.55. The van der Waals surface area contributed by atoms with Crippen LogP contribution in [0.3, 0.4) is 0 Å². The summed E-state index contributed by atoms with van der Waals surface area (Å²) in [6, 6.07) is 0. The number of ether oxygens (including phenoxy) is 2. The van der Waals surface area contributed by atoms with Crippen LogP contribution in [0.1, 0.15) is 26.7 Å². The number of ketones is 1. The minimum Gasteiger partial charge on any atom is -0.467 e. The number of esters is 2. The van der Waals surface area contributed by atoms with Crippen LogP contribution < -0.4 is 0 Å². The average molecular weight is 326 g/mol. The van der Waals surface area contributed by atoms with E-state index in [-0.39, 0.29) is 13.0 Å². The average Bonchev–Trinajstić information content (AvgIpc) is 2.74. The van der Waals surface area contributed by atoms with Crippen molar-refractivity contribution < 1.29 is 42.1 Å². The second-order valence-electron chi connectivity index (χ2n) is 5.26. The molecule has 3 unspecified atom stereocenters. The van der Waals surface area contributed by atoms with E-state index < -0.39 is 47.3 Å². The molecule has 0 spiro atoms. The Morgan fingerprint density at radius 3 is 2.36 bits per heavy atom. The van der Waals surface area contributed by atoms with Crippen LogP contribution >= 0.6 is 0 Å². The van der Waals surface area contributed by atoms with Gasteiger partial charge in [-0.2, -0.15) is 13.2 Å². The number of hydrogen-bond donors (Lipinski definition) is 1. The molecule has 22 heavy (non-hydrogen) atoms. The molecule has 1 aliphatic rings. The van der Waals surface area contributed by atoms with E-state index in [2.05, 4.69) is 4.74 Å². The SMILES string of the molecule is CCOC(=O)C1(C)CCC(C(O)(C(=O)OC)C(F)(F)F)C1=O. The van der Waals surface area contributed by atoms with Crippen molar-refractivity contribution in [1.82, 2.24) is 0 Å². The van der Waals surface area contributed by atoms with Crippen molar-refractivity contribution in [1.29, 1.82) is 0 Å². The third kappa shape index (κ3) is 2.57. The van der Waals surface area contributed by atoms with Gasteiger partial charge in [0.05, 0.1) is 19.6 Å². The smallest absolute Gasteiger partial charge is 0.428 e. The summed E-state index contributed by atoms with van der Waals surface area (Å²) in [6.45, 7) is 2.58. The molecule has 0 aromatic heterocycles. The summed E-state index contributed by atoms with van der Waals surface area (Å²) in [6.07, 6.45) is -6.16. The molecule has 0 aromatic carbocycles. The van der Waals surface area contributed by atoms with E-state index in [1.165, 1.54) is 6.92 Å². The van der Waals surface area contributed by atoms with Crippen molar-refractivity contribution >= 4 is 17.7 Å². The van der Waals surface area contributed by atoms with Crippen LogP contribution in [0.2, 0.25) is 0 Å². The molecule has 6 nitrogen and oxygen atoms in total. The summed E-state index contributed by atoms with van der Waals surface area (Å²) in [5, 5.41) is 9.86. The van der Waals surface area contributed by atoms with Gasteiger partial charge in [0.15, 0.2) is 5.78 Å². The molecule has 3 atom stereocenters. The lowest BCUT2D eigenvalue weighted by Crippen LogP contribution is -2.60. The molecule has 1 fully saturated rings. The third-order valence-corrected chi connectivity index (χ3v) is 3.95. The lowest BCUT2D eigenvalue weighted by molar-refractivity contribution is -0.274. The lowest BCUT2D eigenvalue weighted by Gasteiger charge is -2.32. The standard InChI is InChI=1S/C13H17F3O6/c1-4-22-9(18)11(2)6-5-7(8(11)17)12(20,10(19)21-3)13(14,15)16/h7,20H,4-6H2,1-3H3. The number of methoxy groups -OCH3 is 1. The Morgan fingerprint density at radius 1 is 1.41 bits per heavy atom. The third-order valence-electron chi connectivity index (χ3n) is 3.95. The fourth-order valence-electron chi connectivity index (χ4n) is 2.57. The van der Waals surface area contributed by atoms with Crippen LogP contribution in [0.15, 0.2) is 0 Å². The van der Waals surface area contributed by atoms with Gasteiger partial charge in [-0.1, -0.05) is 0 Å². The quantitative estimate of drug-likeness (QED) is 0.612. The molecule has 0 aliphatic heterocycles. The first-order chi connectivity index (χ1) is 9.96. The molecule has 0 aromatic rings. The van der Waals surface area contributed by atoms with Gasteiger partial charge >= 0.3 is 18.1 Å². The second-order valence-corrected chi connectivity index (χ2v) is 5.26. The number of carbonyl (C=O) groups is 3. The molecule has 1 aliphatic carbocycles. The molecular weight excluding hydrogens is 309 g/mol. The highest BCUT2D eigenvalue weighted by atomic mass is 19.4. The number of carbonyl (C=O) groups excluding carboxylic acids is 3. The minimum absolute atomic E-state index is 0.0487. The maximum absolute atomic E-state index is 13.1. The highest BCUT2D eigenvalue weighted by Gasteiger charge is 2.70. The van der Waals surface area contributed by atoms with E-state index in [1.807, 2.05) is 0 Å². The number of aliphatic hydroxyl groups is 1. The number of halogens is 3. The summed E-state index contributed by atoms with van der Waals surface area (Å²) in [4.78, 5) is 35.6. The number of Topliss-reactive ketones (excluding diaryl/α,β-unsaturated/α-hetero) is 1. The van der Waals surface area contributed by atoms with Crippen LogP contribution in [0.25, 0.3) is 0 Å². The van der Waals surface area contributed by atoms with E-state index in [9.17, 15) is 32.7 Å². The largest absolute Gasteiger partial charge is 0.467 e. The molecule has 126 valence electrons. The zero-order valence-electron chi connectivity index (χ0n) is 12.3. The number of hydrogen-bond acceptors (Lipinski definition) is 6. The molecule has 0 amide bonds. The van der Waals surface area contributed by atoms with Gasteiger partial charge in [0.1, 0.15) is 5.41 Å². The summed E-state index contributed by atoms with van der Waals surface area (Å²) >= 11 is 0. The highest BCUT2D eigenvalue weighted by molar-refractivity contribution is 6.08. The van der Waals surface area contributed by atoms with Crippen molar-refractivity contribution in [3.8, 4) is 0 Å². The molecule has 0 heterocycles. The molecule has 1 N–H and O–H groups in total. The van der Waals surface area contributed by atoms with Crippen LogP contribution in [-0.4, -0.2) is 48.3 Å². The van der Waals surface area contributed by atoms with E-state index in [4.69, 9.17) is 4.74 Å². The van der Waals surface area contributed by atoms with Gasteiger partial charge in [0.2, 0.25) is 0 Å². The Morgan fingerprint density at radius 2 is 1.95 bits per heavy atom. The van der Waals surface area contributed by atoms with Gasteiger partial charge in [0, 0.05) is 0 Å². The molecular formula is C13H17F3O6. The molecule has 9 heteroatoms. The Bertz CT molecular complexity index is 489. The molecule has 0 bridgehead atoms. The molecule has 1 saturated carbocycles. The van der Waals surface area contributed by atoms with Gasteiger partial charge in [-0.25, -0.2) is 4.79 Å². The van der Waals surface area contributed by atoms with Gasteiger partial charge in [-0.3, -0.25) is 9.59 Å². The van der Waals surface area contributed by atoms with Crippen molar-refractivity contribution in [3.63, 3.8) is 0 Å². The Kier molecular flexibility index (Phi) is 4.91. The summed E-state index contributed by atoms with van der Waals surface area (Å²) in [5.41, 5.74) is -5.81. The molecule has 0 radical (unpaired) electrons. The van der Waals surface area contributed by atoms with E-state index in [0.717, 1.165) is 6.92 Å². The van der Waals surface area contributed by atoms with Crippen molar-refractivity contribution in [2.75, 3.05) is 13.7 Å². The lowest BCUT2D eigenvalue weighted by atomic mass is 9.79. The first kappa shape index (κ1) is 18.4. The maximum Gasteiger partial charge on any atom is 0.428 e. The Hall–Kier alpha value is -1.64. The topological polar surface area (TPSA) is 89.9 Å². The summed E-state index contributed by atoms with van der Waals surface area (Å²) < 4.78 is 48.1. The summed E-state index contributed by atoms with van der Waals surface area (Å²) in [7, 11) is 0.670. The Balaban J connectivity index is 3.25. The molecule has 1 rings (SSSR count). The first-order valence-electron chi connectivity index (χ1n) is 6.55. The highest BCUT2D eigenvalue weighted by Crippen LogP contribution is 2.49. The van der Waals surface area contributed by atoms with E-state index >= 15 is 0 Å².